The fourth-order valence-electron chi connectivity index (χ4n) is 2.27. The van der Waals surface area contributed by atoms with Gasteiger partial charge in [-0.1, -0.05) is 38.1 Å². The molecular weight excluding hydrogens is 404 g/mol. The summed E-state index contributed by atoms with van der Waals surface area (Å²) in [6.45, 7) is 4.32. The first kappa shape index (κ1) is 17.3. The number of anilines is 1. The molecule has 0 unspecified atom stereocenters. The molecule has 3 nitrogen and oxygen atoms in total. The van der Waals surface area contributed by atoms with Crippen LogP contribution in [-0.4, -0.2) is 10.9 Å². The van der Waals surface area contributed by atoms with Crippen molar-refractivity contribution in [2.75, 3.05) is 5.32 Å². The van der Waals surface area contributed by atoms with Gasteiger partial charge in [0.15, 0.2) is 5.13 Å². The van der Waals surface area contributed by atoms with Gasteiger partial charge >= 0.3 is 0 Å². The average Bonchev–Trinajstić information content (AvgIpc) is 3.16. The molecule has 2 aromatic heterocycles. The number of nitrogens with zero attached hydrogens (tertiary/aromatic N) is 1. The van der Waals surface area contributed by atoms with Crippen molar-refractivity contribution in [1.29, 1.82) is 0 Å². The second-order valence-corrected chi connectivity index (χ2v) is 9.08. The molecule has 0 aliphatic rings. The number of nitrogens with one attached hydrogen (secondary N) is 1. The fourth-order valence-corrected chi connectivity index (χ4v) is 4.41. The van der Waals surface area contributed by atoms with Gasteiger partial charge in [0.1, 0.15) is 0 Å². The van der Waals surface area contributed by atoms with Gasteiger partial charge in [-0.25, -0.2) is 4.98 Å². The molecule has 0 fully saturated rings. The number of benzene rings is 1. The molecule has 3 rings (SSSR count). The van der Waals surface area contributed by atoms with E-state index in [2.05, 4.69) is 52.2 Å². The lowest BCUT2D eigenvalue weighted by atomic mass is 10.0. The monoisotopic (exact) mass is 420 g/mol. The summed E-state index contributed by atoms with van der Waals surface area (Å²) in [7, 11) is 0. The SMILES string of the molecule is CC(C)c1ccc(CC(=O)Nc2nc(-c3ccc(Br)s3)cs2)cc1. The van der Waals surface area contributed by atoms with Crippen molar-refractivity contribution in [3.63, 3.8) is 0 Å². The number of hydrogen-bond donors (Lipinski definition) is 1. The van der Waals surface area contributed by atoms with E-state index in [1.807, 2.05) is 29.6 Å². The molecule has 1 amide bonds. The van der Waals surface area contributed by atoms with Gasteiger partial charge in [-0.15, -0.1) is 22.7 Å². The zero-order valence-corrected chi connectivity index (χ0v) is 16.6. The summed E-state index contributed by atoms with van der Waals surface area (Å²) < 4.78 is 1.07. The molecule has 1 N–H and O–H groups in total. The Balaban J connectivity index is 1.62. The van der Waals surface area contributed by atoms with Crippen LogP contribution >= 0.6 is 38.6 Å². The van der Waals surface area contributed by atoms with E-state index in [0.717, 1.165) is 19.9 Å². The van der Waals surface area contributed by atoms with E-state index in [9.17, 15) is 4.79 Å². The molecule has 24 heavy (non-hydrogen) atoms. The number of aromatic nitrogens is 1. The topological polar surface area (TPSA) is 42.0 Å². The van der Waals surface area contributed by atoms with Crippen LogP contribution in [0.5, 0.6) is 0 Å². The summed E-state index contributed by atoms with van der Waals surface area (Å²) in [5.74, 6) is 0.458. The maximum atomic E-state index is 12.2. The largest absolute Gasteiger partial charge is 0.302 e. The van der Waals surface area contributed by atoms with Crippen molar-refractivity contribution in [3.05, 3.63) is 56.7 Å². The van der Waals surface area contributed by atoms with Crippen LogP contribution in [0.2, 0.25) is 0 Å². The molecule has 2 heterocycles. The first-order valence-electron chi connectivity index (χ1n) is 7.61. The minimum absolute atomic E-state index is 0.0412. The Labute approximate surface area is 157 Å². The highest BCUT2D eigenvalue weighted by Crippen LogP contribution is 2.33. The van der Waals surface area contributed by atoms with E-state index in [0.29, 0.717) is 17.5 Å². The van der Waals surface area contributed by atoms with Gasteiger partial charge < -0.3 is 5.32 Å². The van der Waals surface area contributed by atoms with Crippen LogP contribution in [0, 0.1) is 0 Å². The molecule has 0 bridgehead atoms. The van der Waals surface area contributed by atoms with Gasteiger partial charge in [0.25, 0.3) is 0 Å². The zero-order valence-electron chi connectivity index (χ0n) is 13.4. The normalized spacial score (nSPS) is 11.0. The smallest absolute Gasteiger partial charge is 0.230 e. The fraction of sp³-hybridized carbons (Fsp3) is 0.222. The highest BCUT2D eigenvalue weighted by molar-refractivity contribution is 9.11. The summed E-state index contributed by atoms with van der Waals surface area (Å²) in [5.41, 5.74) is 3.19. The molecule has 3 aromatic rings. The Morgan fingerprint density at radius 3 is 2.58 bits per heavy atom. The number of thiophene rings is 1. The summed E-state index contributed by atoms with van der Waals surface area (Å²) in [6.07, 6.45) is 0.359. The lowest BCUT2D eigenvalue weighted by Crippen LogP contribution is -2.14. The Kier molecular flexibility index (Phi) is 5.48. The van der Waals surface area contributed by atoms with E-state index >= 15 is 0 Å². The highest BCUT2D eigenvalue weighted by atomic mass is 79.9. The van der Waals surface area contributed by atoms with E-state index < -0.39 is 0 Å². The first-order valence-corrected chi connectivity index (χ1v) is 10.1. The van der Waals surface area contributed by atoms with Crippen LogP contribution in [0.3, 0.4) is 0 Å². The summed E-state index contributed by atoms with van der Waals surface area (Å²) in [5, 5.41) is 5.49. The van der Waals surface area contributed by atoms with E-state index in [-0.39, 0.29) is 5.91 Å². The number of hydrogen-bond acceptors (Lipinski definition) is 4. The van der Waals surface area contributed by atoms with Crippen LogP contribution < -0.4 is 5.32 Å². The highest BCUT2D eigenvalue weighted by Gasteiger charge is 2.10. The van der Waals surface area contributed by atoms with Crippen molar-refractivity contribution < 1.29 is 4.79 Å². The van der Waals surface area contributed by atoms with Crippen molar-refractivity contribution in [2.45, 2.75) is 26.2 Å². The van der Waals surface area contributed by atoms with Crippen molar-refractivity contribution in [3.8, 4) is 10.6 Å². The maximum Gasteiger partial charge on any atom is 0.230 e. The van der Waals surface area contributed by atoms with E-state index in [4.69, 9.17) is 0 Å². The quantitative estimate of drug-likeness (QED) is 0.554. The van der Waals surface area contributed by atoms with Crippen molar-refractivity contribution >= 4 is 49.6 Å². The number of halogens is 1. The Bertz CT molecular complexity index is 837. The van der Waals surface area contributed by atoms with Crippen molar-refractivity contribution in [1.82, 2.24) is 4.98 Å². The average molecular weight is 421 g/mol. The summed E-state index contributed by atoms with van der Waals surface area (Å²) in [4.78, 5) is 17.8. The summed E-state index contributed by atoms with van der Waals surface area (Å²) in [6, 6.07) is 12.2. The maximum absolute atomic E-state index is 12.2. The molecule has 0 aliphatic heterocycles. The van der Waals surface area contributed by atoms with Gasteiger partial charge in [0.05, 0.1) is 20.8 Å². The van der Waals surface area contributed by atoms with Crippen LogP contribution in [0.25, 0.3) is 10.6 Å². The molecule has 124 valence electrons. The van der Waals surface area contributed by atoms with Crippen LogP contribution in [0.15, 0.2) is 45.6 Å². The van der Waals surface area contributed by atoms with Gasteiger partial charge in [-0.2, -0.15) is 0 Å². The van der Waals surface area contributed by atoms with E-state index in [1.54, 1.807) is 11.3 Å². The number of rotatable bonds is 5. The second kappa shape index (κ2) is 7.59. The molecular formula is C18H17BrN2OS2. The molecule has 0 radical (unpaired) electrons. The third-order valence-electron chi connectivity index (χ3n) is 3.59. The third-order valence-corrected chi connectivity index (χ3v) is 5.99. The van der Waals surface area contributed by atoms with Gasteiger partial charge in [-0.05, 0) is 45.1 Å². The first-order chi connectivity index (χ1) is 11.5. The predicted molar refractivity (Wildman–Crippen MR) is 106 cm³/mol. The molecule has 0 saturated carbocycles. The van der Waals surface area contributed by atoms with Crippen LogP contribution in [-0.2, 0) is 11.2 Å². The molecule has 0 atom stereocenters. The van der Waals surface area contributed by atoms with Gasteiger partial charge in [0.2, 0.25) is 5.91 Å². The second-order valence-electron chi connectivity index (χ2n) is 5.76. The van der Waals surface area contributed by atoms with Crippen molar-refractivity contribution in [2.24, 2.45) is 0 Å². The standard InChI is InChI=1S/C18H17BrN2OS2/c1-11(2)13-5-3-12(4-6-13)9-17(22)21-18-20-14(10-23-18)15-7-8-16(19)24-15/h3-8,10-11H,9H2,1-2H3,(H,20,21,22). The number of thiazole rings is 1. The minimum Gasteiger partial charge on any atom is -0.302 e. The Morgan fingerprint density at radius 2 is 1.96 bits per heavy atom. The Morgan fingerprint density at radius 1 is 1.21 bits per heavy atom. The number of carbonyl (C=O) groups excluding carboxylic acids is 1. The lowest BCUT2D eigenvalue weighted by molar-refractivity contribution is -0.115. The number of carbonyl (C=O) groups is 1. The van der Waals surface area contributed by atoms with E-state index in [1.165, 1.54) is 16.9 Å². The van der Waals surface area contributed by atoms with Crippen LogP contribution in [0.1, 0.15) is 30.9 Å². The molecule has 6 heteroatoms. The van der Waals surface area contributed by atoms with Gasteiger partial charge in [0, 0.05) is 5.38 Å². The molecule has 0 saturated heterocycles. The molecule has 0 aliphatic carbocycles. The molecule has 1 aromatic carbocycles. The summed E-state index contributed by atoms with van der Waals surface area (Å²) >= 11 is 6.53. The third kappa shape index (κ3) is 4.32. The minimum atomic E-state index is -0.0412. The zero-order chi connectivity index (χ0) is 17.1. The number of amides is 1. The Hall–Kier alpha value is -1.50. The van der Waals surface area contributed by atoms with Gasteiger partial charge in [-0.3, -0.25) is 4.79 Å². The lowest BCUT2D eigenvalue weighted by Gasteiger charge is -2.06. The van der Waals surface area contributed by atoms with Crippen LogP contribution in [0.4, 0.5) is 5.13 Å². The molecule has 0 spiro atoms. The predicted octanol–water partition coefficient (Wildman–Crippen LogP) is 5.94.